The van der Waals surface area contributed by atoms with Crippen LogP contribution in [0.3, 0.4) is 0 Å². The summed E-state index contributed by atoms with van der Waals surface area (Å²) in [6.45, 7) is 7.51. The van der Waals surface area contributed by atoms with Crippen LogP contribution >= 0.6 is 11.3 Å². The summed E-state index contributed by atoms with van der Waals surface area (Å²) < 4.78 is 1.88. The molecular formula is C11H17N5S. The first-order valence-corrected chi connectivity index (χ1v) is 6.41. The van der Waals surface area contributed by atoms with Gasteiger partial charge in [-0.05, 0) is 20.8 Å². The van der Waals surface area contributed by atoms with Crippen molar-refractivity contribution in [1.29, 1.82) is 0 Å². The molecule has 0 amide bonds. The highest BCUT2D eigenvalue weighted by atomic mass is 32.1. The topological polar surface area (TPSA) is 68.8 Å². The van der Waals surface area contributed by atoms with Crippen molar-refractivity contribution < 1.29 is 0 Å². The van der Waals surface area contributed by atoms with Gasteiger partial charge in [0.1, 0.15) is 10.8 Å². The summed E-state index contributed by atoms with van der Waals surface area (Å²) in [6.07, 6.45) is 1.88. The Bertz CT molecular complexity index is 514. The van der Waals surface area contributed by atoms with Gasteiger partial charge in [-0.1, -0.05) is 0 Å². The third kappa shape index (κ3) is 2.41. The largest absolute Gasteiger partial charge is 0.394 e. The lowest BCUT2D eigenvalue weighted by atomic mass is 10.4. The summed E-state index contributed by atoms with van der Waals surface area (Å²) >= 11 is 1.69. The molecule has 92 valence electrons. The second kappa shape index (κ2) is 4.75. The molecule has 2 aromatic rings. The lowest BCUT2D eigenvalue weighted by molar-refractivity contribution is 0.657. The van der Waals surface area contributed by atoms with Gasteiger partial charge >= 0.3 is 0 Å². The summed E-state index contributed by atoms with van der Waals surface area (Å²) in [5.41, 5.74) is 7.57. The van der Waals surface area contributed by atoms with Crippen LogP contribution in [0.25, 0.3) is 0 Å². The lowest BCUT2D eigenvalue weighted by Crippen LogP contribution is -2.08. The fourth-order valence-corrected chi connectivity index (χ4v) is 2.38. The first-order chi connectivity index (χ1) is 8.11. The number of nitrogens with zero attached hydrogens (tertiary/aromatic N) is 3. The average Bonchev–Trinajstić information content (AvgIpc) is 2.83. The van der Waals surface area contributed by atoms with E-state index in [1.54, 1.807) is 11.3 Å². The zero-order valence-corrected chi connectivity index (χ0v) is 11.1. The van der Waals surface area contributed by atoms with Crippen LogP contribution in [0.5, 0.6) is 0 Å². The quantitative estimate of drug-likeness (QED) is 0.873. The fraction of sp³-hybridized carbons (Fsp3) is 0.455. The molecule has 6 heteroatoms. The normalized spacial score (nSPS) is 10.8. The molecular weight excluding hydrogens is 234 g/mol. The van der Waals surface area contributed by atoms with Crippen LogP contribution in [-0.2, 0) is 13.1 Å². The third-order valence-electron chi connectivity index (χ3n) is 2.55. The number of aryl methyl sites for hydroxylation is 3. The van der Waals surface area contributed by atoms with Crippen molar-refractivity contribution in [1.82, 2.24) is 14.8 Å². The minimum absolute atomic E-state index is 0.688. The molecule has 0 aliphatic heterocycles. The maximum atomic E-state index is 5.99. The Morgan fingerprint density at radius 1 is 1.47 bits per heavy atom. The number of aromatic nitrogens is 3. The van der Waals surface area contributed by atoms with Crippen molar-refractivity contribution in [3.05, 3.63) is 21.8 Å². The molecule has 0 spiro atoms. The number of hydrogen-bond donors (Lipinski definition) is 2. The van der Waals surface area contributed by atoms with Gasteiger partial charge in [0, 0.05) is 17.6 Å². The molecule has 17 heavy (non-hydrogen) atoms. The highest BCUT2D eigenvalue weighted by molar-refractivity contribution is 7.11. The van der Waals surface area contributed by atoms with Crippen molar-refractivity contribution in [2.24, 2.45) is 0 Å². The molecule has 0 aromatic carbocycles. The van der Waals surface area contributed by atoms with Crippen LogP contribution in [0.2, 0.25) is 0 Å². The second-order valence-electron chi connectivity index (χ2n) is 3.88. The molecule has 2 heterocycles. The third-order valence-corrected chi connectivity index (χ3v) is 3.46. The lowest BCUT2D eigenvalue weighted by Gasteiger charge is -2.07. The van der Waals surface area contributed by atoms with Gasteiger partial charge in [0.15, 0.2) is 0 Å². The molecule has 0 bridgehead atoms. The minimum Gasteiger partial charge on any atom is -0.394 e. The van der Waals surface area contributed by atoms with Crippen LogP contribution in [0.15, 0.2) is 6.20 Å². The average molecular weight is 251 g/mol. The van der Waals surface area contributed by atoms with Crippen molar-refractivity contribution in [2.75, 3.05) is 11.1 Å². The maximum Gasteiger partial charge on any atom is 0.148 e. The zero-order chi connectivity index (χ0) is 12.4. The molecule has 2 aromatic heterocycles. The Hall–Kier alpha value is -1.56. The summed E-state index contributed by atoms with van der Waals surface area (Å²) in [5, 5.41) is 8.72. The number of anilines is 2. The zero-order valence-electron chi connectivity index (χ0n) is 10.3. The molecule has 0 unspecified atom stereocenters. The monoisotopic (exact) mass is 251 g/mol. The van der Waals surface area contributed by atoms with E-state index < -0.39 is 0 Å². The van der Waals surface area contributed by atoms with E-state index >= 15 is 0 Å². The molecule has 0 saturated carbocycles. The molecule has 3 N–H and O–H groups in total. The first-order valence-electron chi connectivity index (χ1n) is 5.60. The van der Waals surface area contributed by atoms with Crippen molar-refractivity contribution in [2.45, 2.75) is 33.9 Å². The highest BCUT2D eigenvalue weighted by Gasteiger charge is 2.11. The molecule has 0 radical (unpaired) electrons. The van der Waals surface area contributed by atoms with E-state index in [9.17, 15) is 0 Å². The van der Waals surface area contributed by atoms with Crippen molar-refractivity contribution in [3.63, 3.8) is 0 Å². The second-order valence-corrected chi connectivity index (χ2v) is 5.20. The first kappa shape index (κ1) is 11.9. The van der Waals surface area contributed by atoms with Gasteiger partial charge in [-0.15, -0.1) is 11.3 Å². The van der Waals surface area contributed by atoms with Gasteiger partial charge in [-0.25, -0.2) is 9.67 Å². The van der Waals surface area contributed by atoms with Gasteiger partial charge in [0.2, 0.25) is 0 Å². The Labute approximate surface area is 105 Å². The minimum atomic E-state index is 0.688. The number of nitrogens with two attached hydrogens (primary N) is 1. The molecule has 0 saturated heterocycles. The maximum absolute atomic E-state index is 5.99. The molecule has 0 aliphatic carbocycles. The van der Waals surface area contributed by atoms with Crippen LogP contribution in [0, 0.1) is 13.8 Å². The van der Waals surface area contributed by atoms with Crippen LogP contribution in [-0.4, -0.2) is 14.8 Å². The highest BCUT2D eigenvalue weighted by Crippen LogP contribution is 2.23. The standard InChI is InChI=1S/C11H17N5S/c1-4-16-11(10(12)8(3)15-16)14-6-9-13-5-7(2)17-9/h5,14H,4,6,12H2,1-3H3. The van der Waals surface area contributed by atoms with Crippen LogP contribution < -0.4 is 11.1 Å². The SMILES string of the molecule is CCn1nc(C)c(N)c1NCc1ncc(C)s1. The van der Waals surface area contributed by atoms with Crippen molar-refractivity contribution >= 4 is 22.8 Å². The Morgan fingerprint density at radius 3 is 2.82 bits per heavy atom. The van der Waals surface area contributed by atoms with E-state index in [-0.39, 0.29) is 0 Å². The number of rotatable bonds is 4. The molecule has 0 atom stereocenters. The van der Waals surface area contributed by atoms with Crippen LogP contribution in [0.4, 0.5) is 11.5 Å². The van der Waals surface area contributed by atoms with Crippen LogP contribution in [0.1, 0.15) is 22.5 Å². The fourth-order valence-electron chi connectivity index (χ4n) is 1.65. The summed E-state index contributed by atoms with van der Waals surface area (Å²) in [5.74, 6) is 0.887. The number of hydrogen-bond acceptors (Lipinski definition) is 5. The Balaban J connectivity index is 2.13. The summed E-state index contributed by atoms with van der Waals surface area (Å²) in [7, 11) is 0. The van der Waals surface area contributed by atoms with Gasteiger partial charge in [0.05, 0.1) is 17.9 Å². The molecule has 5 nitrogen and oxygen atoms in total. The number of nitrogen functional groups attached to an aromatic ring is 1. The summed E-state index contributed by atoms with van der Waals surface area (Å²) in [4.78, 5) is 5.53. The molecule has 0 fully saturated rings. The molecule has 0 aliphatic rings. The molecule has 2 rings (SSSR count). The van der Waals surface area contributed by atoms with E-state index in [0.29, 0.717) is 6.54 Å². The van der Waals surface area contributed by atoms with E-state index in [2.05, 4.69) is 22.3 Å². The van der Waals surface area contributed by atoms with Gasteiger partial charge < -0.3 is 11.1 Å². The van der Waals surface area contributed by atoms with Gasteiger partial charge in [0.25, 0.3) is 0 Å². The van der Waals surface area contributed by atoms with Gasteiger partial charge in [-0.2, -0.15) is 5.10 Å². The smallest absolute Gasteiger partial charge is 0.148 e. The number of nitrogens with one attached hydrogen (secondary N) is 1. The van der Waals surface area contributed by atoms with E-state index in [1.165, 1.54) is 4.88 Å². The Kier molecular flexibility index (Phi) is 3.33. The van der Waals surface area contributed by atoms with E-state index in [0.717, 1.165) is 28.8 Å². The van der Waals surface area contributed by atoms with E-state index in [4.69, 9.17) is 5.73 Å². The predicted molar refractivity (Wildman–Crippen MR) is 71.2 cm³/mol. The predicted octanol–water partition coefficient (Wildman–Crippen LogP) is 2.17. The Morgan fingerprint density at radius 2 is 2.24 bits per heavy atom. The summed E-state index contributed by atoms with van der Waals surface area (Å²) in [6, 6.07) is 0. The van der Waals surface area contributed by atoms with Crippen molar-refractivity contribution in [3.8, 4) is 0 Å². The van der Waals surface area contributed by atoms with E-state index in [1.807, 2.05) is 24.7 Å². The number of thiazole rings is 1. The van der Waals surface area contributed by atoms with Gasteiger partial charge in [-0.3, -0.25) is 0 Å².